The molecule has 17 heavy (non-hydrogen) atoms. The van der Waals surface area contributed by atoms with Crippen molar-refractivity contribution in [3.05, 3.63) is 11.7 Å². The predicted octanol–water partition coefficient (Wildman–Crippen LogP) is 0.211. The summed E-state index contributed by atoms with van der Waals surface area (Å²) in [6, 6.07) is 0. The maximum atomic E-state index is 11.4. The van der Waals surface area contributed by atoms with Gasteiger partial charge in [-0.05, 0) is 24.9 Å². The first-order chi connectivity index (χ1) is 8.15. The first kappa shape index (κ1) is 12.0. The van der Waals surface area contributed by atoms with Crippen LogP contribution in [0.25, 0.3) is 0 Å². The maximum absolute atomic E-state index is 11.4. The second kappa shape index (κ2) is 4.80. The molecule has 0 saturated carbocycles. The Kier molecular flexibility index (Phi) is 3.39. The van der Waals surface area contributed by atoms with Crippen molar-refractivity contribution < 1.29 is 18.8 Å². The third kappa shape index (κ3) is 2.45. The predicted molar refractivity (Wildman–Crippen MR) is 56.2 cm³/mol. The molecule has 7 nitrogen and oxygen atoms in total. The molecule has 1 aromatic heterocycles. The standard InChI is InChI=1S/C10H15N3O4/c1-2-16-8(14)7-12-9(17-13-7)10(11)3-5-15-6-4-10/h2-6,11H2,1H3. The van der Waals surface area contributed by atoms with Gasteiger partial charge in [0.25, 0.3) is 5.82 Å². The van der Waals surface area contributed by atoms with Crippen LogP contribution in [0.1, 0.15) is 36.3 Å². The van der Waals surface area contributed by atoms with Gasteiger partial charge >= 0.3 is 5.97 Å². The van der Waals surface area contributed by atoms with Gasteiger partial charge in [-0.1, -0.05) is 0 Å². The number of carbonyl (C=O) groups is 1. The number of nitrogens with zero attached hydrogens (tertiary/aromatic N) is 2. The number of hydrogen-bond donors (Lipinski definition) is 1. The molecule has 1 aliphatic rings. The highest BCUT2D eigenvalue weighted by atomic mass is 16.5. The molecule has 0 atom stereocenters. The summed E-state index contributed by atoms with van der Waals surface area (Å²) in [5.74, 6) is -0.417. The van der Waals surface area contributed by atoms with Crippen LogP contribution in [0.4, 0.5) is 0 Å². The number of nitrogens with two attached hydrogens (primary N) is 1. The van der Waals surface area contributed by atoms with E-state index < -0.39 is 11.5 Å². The van der Waals surface area contributed by atoms with Gasteiger partial charge in [-0.15, -0.1) is 0 Å². The first-order valence-electron chi connectivity index (χ1n) is 5.53. The van der Waals surface area contributed by atoms with Crippen molar-refractivity contribution in [3.8, 4) is 0 Å². The van der Waals surface area contributed by atoms with Crippen molar-refractivity contribution >= 4 is 5.97 Å². The van der Waals surface area contributed by atoms with Gasteiger partial charge in [0.2, 0.25) is 5.89 Å². The average molecular weight is 241 g/mol. The van der Waals surface area contributed by atoms with Crippen LogP contribution in [0.2, 0.25) is 0 Å². The number of ether oxygens (including phenoxy) is 2. The Balaban J connectivity index is 2.14. The summed E-state index contributed by atoms with van der Waals surface area (Å²) in [4.78, 5) is 15.4. The summed E-state index contributed by atoms with van der Waals surface area (Å²) in [7, 11) is 0. The molecule has 0 unspecified atom stereocenters. The molecule has 0 aromatic carbocycles. The average Bonchev–Trinajstić information content (AvgIpc) is 2.80. The Morgan fingerprint density at radius 2 is 2.24 bits per heavy atom. The molecule has 0 amide bonds. The first-order valence-corrected chi connectivity index (χ1v) is 5.53. The van der Waals surface area contributed by atoms with Crippen LogP contribution in [0.15, 0.2) is 4.52 Å². The molecule has 0 bridgehead atoms. The molecule has 2 rings (SSSR count). The van der Waals surface area contributed by atoms with Crippen LogP contribution < -0.4 is 5.73 Å². The summed E-state index contributed by atoms with van der Waals surface area (Å²) < 4.78 is 15.0. The summed E-state index contributed by atoms with van der Waals surface area (Å²) in [6.45, 7) is 3.08. The molecule has 94 valence electrons. The highest BCUT2D eigenvalue weighted by molar-refractivity contribution is 5.84. The minimum absolute atomic E-state index is 0.0850. The van der Waals surface area contributed by atoms with E-state index >= 15 is 0 Å². The zero-order chi connectivity index (χ0) is 12.3. The van der Waals surface area contributed by atoms with Gasteiger partial charge in [0.05, 0.1) is 6.61 Å². The lowest BCUT2D eigenvalue weighted by molar-refractivity contribution is 0.0399. The van der Waals surface area contributed by atoms with Crippen LogP contribution in [0, 0.1) is 0 Å². The molecular formula is C10H15N3O4. The lowest BCUT2D eigenvalue weighted by atomic mass is 9.91. The highest BCUT2D eigenvalue weighted by Gasteiger charge is 2.36. The maximum Gasteiger partial charge on any atom is 0.379 e. The summed E-state index contributed by atoms with van der Waals surface area (Å²) in [6.07, 6.45) is 1.19. The molecule has 0 radical (unpaired) electrons. The zero-order valence-corrected chi connectivity index (χ0v) is 9.64. The molecular weight excluding hydrogens is 226 g/mol. The van der Waals surface area contributed by atoms with Crippen LogP contribution in [0.5, 0.6) is 0 Å². The summed E-state index contributed by atoms with van der Waals surface area (Å²) >= 11 is 0. The fraction of sp³-hybridized carbons (Fsp3) is 0.700. The molecule has 1 fully saturated rings. The van der Waals surface area contributed by atoms with Gasteiger partial charge in [-0.25, -0.2) is 4.79 Å². The van der Waals surface area contributed by atoms with Crippen molar-refractivity contribution in [2.24, 2.45) is 5.73 Å². The minimum atomic E-state index is -0.698. The highest BCUT2D eigenvalue weighted by Crippen LogP contribution is 2.27. The Morgan fingerprint density at radius 3 is 2.88 bits per heavy atom. The van der Waals surface area contributed by atoms with Gasteiger partial charge in [-0.3, -0.25) is 0 Å². The van der Waals surface area contributed by atoms with E-state index in [1.54, 1.807) is 6.92 Å². The normalized spacial score (nSPS) is 18.9. The third-order valence-corrected chi connectivity index (χ3v) is 2.69. The van der Waals surface area contributed by atoms with Gasteiger partial charge in [-0.2, -0.15) is 4.98 Å². The second-order valence-electron chi connectivity index (χ2n) is 3.91. The fourth-order valence-corrected chi connectivity index (χ4v) is 1.65. The summed E-state index contributed by atoms with van der Waals surface area (Å²) in [5, 5.41) is 3.57. The van der Waals surface area contributed by atoms with Crippen LogP contribution in [-0.2, 0) is 15.0 Å². The lowest BCUT2D eigenvalue weighted by Crippen LogP contribution is -2.42. The van der Waals surface area contributed by atoms with Crippen molar-refractivity contribution in [2.75, 3.05) is 19.8 Å². The number of esters is 1. The van der Waals surface area contributed by atoms with Crippen molar-refractivity contribution in [1.82, 2.24) is 10.1 Å². The smallest absolute Gasteiger partial charge is 0.379 e. The second-order valence-corrected chi connectivity index (χ2v) is 3.91. The topological polar surface area (TPSA) is 100 Å². The van der Waals surface area contributed by atoms with E-state index in [0.717, 1.165) is 0 Å². The van der Waals surface area contributed by atoms with E-state index in [-0.39, 0.29) is 18.3 Å². The van der Waals surface area contributed by atoms with Gasteiger partial charge in [0.15, 0.2) is 0 Å². The third-order valence-electron chi connectivity index (χ3n) is 2.69. The SMILES string of the molecule is CCOC(=O)c1noc(C2(N)CCOCC2)n1. The van der Waals surface area contributed by atoms with Crippen LogP contribution in [0.3, 0.4) is 0 Å². The molecule has 2 heterocycles. The van der Waals surface area contributed by atoms with Crippen LogP contribution >= 0.6 is 0 Å². The number of hydrogen-bond acceptors (Lipinski definition) is 7. The van der Waals surface area contributed by atoms with Crippen molar-refractivity contribution in [2.45, 2.75) is 25.3 Å². The quantitative estimate of drug-likeness (QED) is 0.755. The largest absolute Gasteiger partial charge is 0.460 e. The number of rotatable bonds is 3. The van der Waals surface area contributed by atoms with Gasteiger partial charge in [0.1, 0.15) is 5.54 Å². The molecule has 1 aromatic rings. The van der Waals surface area contributed by atoms with E-state index in [0.29, 0.717) is 26.1 Å². The Labute approximate surface area is 98.3 Å². The van der Waals surface area contributed by atoms with E-state index in [1.165, 1.54) is 0 Å². The van der Waals surface area contributed by atoms with Gasteiger partial charge < -0.3 is 19.7 Å². The monoisotopic (exact) mass is 241 g/mol. The Morgan fingerprint density at radius 1 is 1.53 bits per heavy atom. The minimum Gasteiger partial charge on any atom is -0.460 e. The Hall–Kier alpha value is -1.47. The van der Waals surface area contributed by atoms with E-state index in [9.17, 15) is 4.79 Å². The zero-order valence-electron chi connectivity index (χ0n) is 9.64. The lowest BCUT2D eigenvalue weighted by Gasteiger charge is -2.29. The molecule has 0 spiro atoms. The van der Waals surface area contributed by atoms with Crippen molar-refractivity contribution in [1.29, 1.82) is 0 Å². The van der Waals surface area contributed by atoms with E-state index in [4.69, 9.17) is 19.7 Å². The molecule has 1 saturated heterocycles. The molecule has 7 heteroatoms. The number of carbonyl (C=O) groups excluding carboxylic acids is 1. The Bertz CT molecular complexity index is 398. The van der Waals surface area contributed by atoms with Gasteiger partial charge in [0, 0.05) is 13.2 Å². The van der Waals surface area contributed by atoms with Crippen LogP contribution in [-0.4, -0.2) is 35.9 Å². The number of aromatic nitrogens is 2. The molecule has 2 N–H and O–H groups in total. The molecule has 0 aliphatic carbocycles. The van der Waals surface area contributed by atoms with E-state index in [2.05, 4.69) is 10.1 Å². The fourth-order valence-electron chi connectivity index (χ4n) is 1.65. The van der Waals surface area contributed by atoms with E-state index in [1.807, 2.05) is 0 Å². The van der Waals surface area contributed by atoms with Crippen molar-refractivity contribution in [3.63, 3.8) is 0 Å². The summed E-state index contributed by atoms with van der Waals surface area (Å²) in [5.41, 5.74) is 5.44. The molecule has 1 aliphatic heterocycles.